The zero-order chi connectivity index (χ0) is 10.3. The molecule has 0 aliphatic carbocycles. The van der Waals surface area contributed by atoms with E-state index in [4.69, 9.17) is 21.1 Å². The highest BCUT2D eigenvalue weighted by Gasteiger charge is 2.23. The van der Waals surface area contributed by atoms with Crippen molar-refractivity contribution in [3.8, 4) is 5.75 Å². The van der Waals surface area contributed by atoms with Gasteiger partial charge in [-0.25, -0.2) is 4.98 Å². The molecule has 3 nitrogen and oxygen atoms in total. The lowest BCUT2D eigenvalue weighted by Crippen LogP contribution is -2.03. The van der Waals surface area contributed by atoms with Crippen molar-refractivity contribution < 1.29 is 9.47 Å². The van der Waals surface area contributed by atoms with Gasteiger partial charge in [-0.1, -0.05) is 29.0 Å². The van der Waals surface area contributed by atoms with E-state index < -0.39 is 0 Å². The zero-order valence-electron chi connectivity index (χ0n) is 7.77. The lowest BCUT2D eigenvalue weighted by atomic mass is 10.3. The van der Waals surface area contributed by atoms with E-state index in [2.05, 4.69) is 4.98 Å². The van der Waals surface area contributed by atoms with Crippen LogP contribution in [0.1, 0.15) is 0 Å². The molecule has 0 saturated carbocycles. The van der Waals surface area contributed by atoms with Gasteiger partial charge < -0.3 is 9.47 Å². The van der Waals surface area contributed by atoms with Crippen molar-refractivity contribution in [2.75, 3.05) is 13.2 Å². The molecule has 1 aliphatic heterocycles. The van der Waals surface area contributed by atoms with Crippen molar-refractivity contribution in [2.45, 2.75) is 6.10 Å². The van der Waals surface area contributed by atoms with Crippen LogP contribution < -0.4 is 4.74 Å². The lowest BCUT2D eigenvalue weighted by Gasteiger charge is -2.03. The third-order valence-corrected chi connectivity index (χ3v) is 3.37. The second kappa shape index (κ2) is 3.63. The van der Waals surface area contributed by atoms with Crippen LogP contribution in [0.15, 0.2) is 18.2 Å². The summed E-state index contributed by atoms with van der Waals surface area (Å²) in [5.41, 5.74) is 0.888. The average Bonchev–Trinajstić information content (AvgIpc) is 2.96. The van der Waals surface area contributed by atoms with E-state index in [1.165, 1.54) is 11.3 Å². The van der Waals surface area contributed by atoms with Crippen LogP contribution in [0.25, 0.3) is 10.2 Å². The second-order valence-electron chi connectivity index (χ2n) is 3.34. The van der Waals surface area contributed by atoms with Crippen molar-refractivity contribution in [1.82, 2.24) is 4.98 Å². The molecule has 2 heterocycles. The normalized spacial score (nSPS) is 19.4. The summed E-state index contributed by atoms with van der Waals surface area (Å²) in [5.74, 6) is 0.840. The third kappa shape index (κ3) is 1.93. The first kappa shape index (κ1) is 9.39. The van der Waals surface area contributed by atoms with Crippen LogP contribution in [-0.2, 0) is 4.74 Å². The van der Waals surface area contributed by atoms with Gasteiger partial charge >= 0.3 is 0 Å². The van der Waals surface area contributed by atoms with E-state index >= 15 is 0 Å². The first-order chi connectivity index (χ1) is 7.33. The minimum Gasteiger partial charge on any atom is -0.489 e. The van der Waals surface area contributed by atoms with Gasteiger partial charge in [0.05, 0.1) is 16.8 Å². The van der Waals surface area contributed by atoms with E-state index in [0.29, 0.717) is 11.1 Å². The fraction of sp³-hybridized carbons (Fsp3) is 0.300. The maximum Gasteiger partial charge on any atom is 0.184 e. The smallest absolute Gasteiger partial charge is 0.184 e. The average molecular weight is 242 g/mol. The number of rotatable bonds is 3. The number of thiazole rings is 1. The molecule has 78 valence electrons. The van der Waals surface area contributed by atoms with Gasteiger partial charge in [-0.3, -0.25) is 0 Å². The van der Waals surface area contributed by atoms with Crippen LogP contribution in [0.3, 0.4) is 0 Å². The number of epoxide rings is 1. The van der Waals surface area contributed by atoms with Gasteiger partial charge in [0.2, 0.25) is 0 Å². The largest absolute Gasteiger partial charge is 0.489 e. The molecule has 1 fully saturated rings. The summed E-state index contributed by atoms with van der Waals surface area (Å²) in [4.78, 5) is 4.19. The highest BCUT2D eigenvalue weighted by molar-refractivity contribution is 7.22. The molecule has 2 aromatic rings. The monoisotopic (exact) mass is 241 g/mol. The quantitative estimate of drug-likeness (QED) is 0.775. The number of aromatic nitrogens is 1. The Hall–Kier alpha value is -0.840. The Morgan fingerprint density at radius 3 is 3.27 bits per heavy atom. The van der Waals surface area contributed by atoms with Gasteiger partial charge in [0.15, 0.2) is 4.47 Å². The van der Waals surface area contributed by atoms with Crippen LogP contribution in [0.2, 0.25) is 4.47 Å². The molecular formula is C10H8ClNO2S. The molecule has 0 radical (unpaired) electrons. The predicted molar refractivity (Wildman–Crippen MR) is 59.9 cm³/mol. The maximum absolute atomic E-state index is 5.86. The Kier molecular flexibility index (Phi) is 2.27. The van der Waals surface area contributed by atoms with Gasteiger partial charge in [0, 0.05) is 0 Å². The molecule has 0 spiro atoms. The maximum atomic E-state index is 5.86. The Balaban J connectivity index is 1.93. The van der Waals surface area contributed by atoms with Crippen molar-refractivity contribution >= 4 is 33.2 Å². The number of nitrogens with zero attached hydrogens (tertiary/aromatic N) is 1. The van der Waals surface area contributed by atoms with Crippen LogP contribution in [0.4, 0.5) is 0 Å². The Labute approximate surface area is 95.6 Å². The number of halogens is 1. The van der Waals surface area contributed by atoms with Crippen LogP contribution in [-0.4, -0.2) is 24.3 Å². The van der Waals surface area contributed by atoms with Crippen LogP contribution >= 0.6 is 22.9 Å². The Morgan fingerprint density at radius 1 is 1.60 bits per heavy atom. The SMILES string of the molecule is Clc1nc2cccc(OCC3CO3)c2s1. The van der Waals surface area contributed by atoms with Crippen molar-refractivity contribution in [2.24, 2.45) is 0 Å². The number of ether oxygens (including phenoxy) is 2. The summed E-state index contributed by atoms with van der Waals surface area (Å²) in [6.07, 6.45) is 0.267. The number of hydrogen-bond acceptors (Lipinski definition) is 4. The minimum absolute atomic E-state index is 0.267. The summed E-state index contributed by atoms with van der Waals surface area (Å²) in [7, 11) is 0. The van der Waals surface area contributed by atoms with Crippen LogP contribution in [0, 0.1) is 0 Å². The molecular weight excluding hydrogens is 234 g/mol. The number of fused-ring (bicyclic) bond motifs is 1. The van der Waals surface area contributed by atoms with E-state index in [-0.39, 0.29) is 6.10 Å². The summed E-state index contributed by atoms with van der Waals surface area (Å²) in [5, 5.41) is 0. The Bertz CT molecular complexity index is 495. The molecule has 0 bridgehead atoms. The molecule has 15 heavy (non-hydrogen) atoms. The molecule has 5 heteroatoms. The highest BCUT2D eigenvalue weighted by atomic mass is 35.5. The lowest BCUT2D eigenvalue weighted by molar-refractivity contribution is 0.265. The molecule has 0 N–H and O–H groups in total. The van der Waals surface area contributed by atoms with Gasteiger partial charge in [0.1, 0.15) is 18.5 Å². The summed E-state index contributed by atoms with van der Waals surface area (Å²) < 4.78 is 12.3. The standard InChI is InChI=1S/C10H8ClNO2S/c11-10-12-7-2-1-3-8(9(7)15-10)14-5-6-4-13-6/h1-3,6H,4-5H2. The van der Waals surface area contributed by atoms with E-state index in [0.717, 1.165) is 22.6 Å². The van der Waals surface area contributed by atoms with E-state index in [1.807, 2.05) is 18.2 Å². The fourth-order valence-corrected chi connectivity index (χ4v) is 2.44. The molecule has 1 atom stereocenters. The first-order valence-electron chi connectivity index (χ1n) is 4.62. The molecule has 1 aliphatic rings. The first-order valence-corrected chi connectivity index (χ1v) is 5.82. The van der Waals surface area contributed by atoms with E-state index in [1.54, 1.807) is 0 Å². The van der Waals surface area contributed by atoms with Crippen molar-refractivity contribution in [3.05, 3.63) is 22.7 Å². The van der Waals surface area contributed by atoms with Gasteiger partial charge in [0.25, 0.3) is 0 Å². The molecule has 0 amide bonds. The molecule has 1 unspecified atom stereocenters. The van der Waals surface area contributed by atoms with Crippen LogP contribution in [0.5, 0.6) is 5.75 Å². The minimum atomic E-state index is 0.267. The summed E-state index contributed by atoms with van der Waals surface area (Å²) in [6, 6.07) is 5.78. The zero-order valence-corrected chi connectivity index (χ0v) is 9.35. The second-order valence-corrected chi connectivity index (χ2v) is 4.92. The molecule has 1 saturated heterocycles. The number of hydrogen-bond donors (Lipinski definition) is 0. The highest BCUT2D eigenvalue weighted by Crippen LogP contribution is 2.33. The van der Waals surface area contributed by atoms with Gasteiger partial charge in [-0.2, -0.15) is 0 Å². The van der Waals surface area contributed by atoms with Gasteiger partial charge in [-0.05, 0) is 12.1 Å². The Morgan fingerprint density at radius 2 is 2.47 bits per heavy atom. The molecule has 1 aromatic heterocycles. The molecule has 1 aromatic carbocycles. The van der Waals surface area contributed by atoms with Crippen molar-refractivity contribution in [1.29, 1.82) is 0 Å². The summed E-state index contributed by atoms with van der Waals surface area (Å²) >= 11 is 7.30. The molecule has 3 rings (SSSR count). The number of benzene rings is 1. The topological polar surface area (TPSA) is 34.6 Å². The third-order valence-electron chi connectivity index (χ3n) is 2.18. The summed E-state index contributed by atoms with van der Waals surface area (Å²) in [6.45, 7) is 1.41. The predicted octanol–water partition coefficient (Wildman–Crippen LogP) is 2.73. The van der Waals surface area contributed by atoms with Gasteiger partial charge in [-0.15, -0.1) is 0 Å². The fourth-order valence-electron chi connectivity index (χ4n) is 1.36. The van der Waals surface area contributed by atoms with E-state index in [9.17, 15) is 0 Å². The van der Waals surface area contributed by atoms with Crippen molar-refractivity contribution in [3.63, 3.8) is 0 Å².